The second-order valence-electron chi connectivity index (χ2n) is 5.43. The smallest absolute Gasteiger partial charge is 0.356 e. The molecule has 0 aliphatic carbocycles. The lowest BCUT2D eigenvalue weighted by atomic mass is 10.1. The van der Waals surface area contributed by atoms with Gasteiger partial charge in [-0.15, -0.1) is 0 Å². The Morgan fingerprint density at radius 1 is 1.43 bits per heavy atom. The minimum Gasteiger partial charge on any atom is -0.476 e. The highest BCUT2D eigenvalue weighted by Crippen LogP contribution is 2.16. The molecule has 1 atom stereocenters. The lowest BCUT2D eigenvalue weighted by Gasteiger charge is -2.27. The molecule has 2 N–H and O–H groups in total. The van der Waals surface area contributed by atoms with Crippen LogP contribution in [0.15, 0.2) is 12.5 Å². The highest BCUT2D eigenvalue weighted by atomic mass is 16.4. The molecule has 116 valence electrons. The fourth-order valence-electron chi connectivity index (χ4n) is 2.56. The van der Waals surface area contributed by atoms with Gasteiger partial charge in [-0.3, -0.25) is 0 Å². The van der Waals surface area contributed by atoms with Crippen molar-refractivity contribution in [3.63, 3.8) is 0 Å². The summed E-state index contributed by atoms with van der Waals surface area (Å²) < 4.78 is 1.66. The van der Waals surface area contributed by atoms with E-state index >= 15 is 0 Å². The second-order valence-corrected chi connectivity index (χ2v) is 5.43. The molecule has 2 heterocycles. The van der Waals surface area contributed by atoms with Crippen LogP contribution in [0.5, 0.6) is 0 Å². The molecular weight excluding hydrogens is 272 g/mol. The molecule has 0 aromatic carbocycles. The summed E-state index contributed by atoms with van der Waals surface area (Å²) in [7, 11) is 0. The molecule has 1 aromatic rings. The molecule has 0 radical (unpaired) electrons. The van der Waals surface area contributed by atoms with Crippen LogP contribution in [0.25, 0.3) is 0 Å². The Hall–Kier alpha value is -2.05. The number of nitrogens with zero attached hydrogens (tertiary/aromatic N) is 3. The number of carboxylic acids is 1. The zero-order chi connectivity index (χ0) is 15.2. The third-order valence-corrected chi connectivity index (χ3v) is 3.81. The van der Waals surface area contributed by atoms with Gasteiger partial charge in [0.2, 0.25) is 0 Å². The average molecular weight is 294 g/mol. The Morgan fingerprint density at radius 2 is 2.24 bits per heavy atom. The van der Waals surface area contributed by atoms with Crippen molar-refractivity contribution in [3.05, 3.63) is 18.2 Å². The van der Waals surface area contributed by atoms with Crippen LogP contribution in [0.3, 0.4) is 0 Å². The van der Waals surface area contributed by atoms with Crippen molar-refractivity contribution >= 4 is 12.0 Å². The summed E-state index contributed by atoms with van der Waals surface area (Å²) in [5.74, 6) is -1.05. The van der Waals surface area contributed by atoms with E-state index in [4.69, 9.17) is 5.11 Å². The zero-order valence-electron chi connectivity index (χ0n) is 12.3. The fraction of sp³-hybridized carbons (Fsp3) is 0.643. The van der Waals surface area contributed by atoms with Gasteiger partial charge >= 0.3 is 12.0 Å². The van der Waals surface area contributed by atoms with E-state index in [0.29, 0.717) is 13.1 Å². The maximum Gasteiger partial charge on any atom is 0.356 e. The summed E-state index contributed by atoms with van der Waals surface area (Å²) >= 11 is 0. The van der Waals surface area contributed by atoms with Crippen molar-refractivity contribution in [2.45, 2.75) is 45.2 Å². The third kappa shape index (κ3) is 4.21. The number of hydrogen-bond acceptors (Lipinski definition) is 3. The standard InChI is InChI=1S/C14H22N4O3/c1-11-5-3-2-4-7-18(11)14(21)15-6-8-17-9-12(13(19)20)16-10-17/h9-11H,2-8H2,1H3,(H,15,21)(H,19,20). The van der Waals surface area contributed by atoms with E-state index in [2.05, 4.69) is 17.2 Å². The maximum absolute atomic E-state index is 12.2. The number of likely N-dealkylation sites (tertiary alicyclic amines) is 1. The number of imidazole rings is 1. The molecule has 0 bridgehead atoms. The number of aromatic nitrogens is 2. The largest absolute Gasteiger partial charge is 0.476 e. The van der Waals surface area contributed by atoms with Gasteiger partial charge in [-0.1, -0.05) is 12.8 Å². The SMILES string of the molecule is CC1CCCCCN1C(=O)NCCn1cnc(C(=O)O)c1. The van der Waals surface area contributed by atoms with Crippen molar-refractivity contribution in [1.82, 2.24) is 19.8 Å². The van der Waals surface area contributed by atoms with Gasteiger partial charge < -0.3 is 19.9 Å². The van der Waals surface area contributed by atoms with Gasteiger partial charge in [0, 0.05) is 31.9 Å². The lowest BCUT2D eigenvalue weighted by molar-refractivity contribution is 0.0691. The van der Waals surface area contributed by atoms with Gasteiger partial charge in [-0.2, -0.15) is 0 Å². The first kappa shape index (κ1) is 15.3. The van der Waals surface area contributed by atoms with E-state index in [0.717, 1.165) is 19.4 Å². The molecule has 1 saturated heterocycles. The van der Waals surface area contributed by atoms with Crippen LogP contribution in [-0.4, -0.2) is 50.7 Å². The van der Waals surface area contributed by atoms with Crippen molar-refractivity contribution in [2.75, 3.05) is 13.1 Å². The number of amides is 2. The molecule has 1 aromatic heterocycles. The van der Waals surface area contributed by atoms with E-state index in [1.807, 2.05) is 4.90 Å². The first-order valence-electron chi connectivity index (χ1n) is 7.37. The van der Waals surface area contributed by atoms with E-state index in [1.165, 1.54) is 25.4 Å². The van der Waals surface area contributed by atoms with Crippen molar-refractivity contribution < 1.29 is 14.7 Å². The van der Waals surface area contributed by atoms with Crippen molar-refractivity contribution in [2.24, 2.45) is 0 Å². The Labute approximate surface area is 124 Å². The molecule has 2 rings (SSSR count). The number of rotatable bonds is 4. The molecule has 0 spiro atoms. The number of carboxylic acid groups (broad SMARTS) is 1. The molecule has 7 heteroatoms. The summed E-state index contributed by atoms with van der Waals surface area (Å²) in [5.41, 5.74) is 0.0162. The average Bonchev–Trinajstić information content (AvgIpc) is 2.81. The van der Waals surface area contributed by atoms with Crippen molar-refractivity contribution in [1.29, 1.82) is 0 Å². The summed E-state index contributed by atoms with van der Waals surface area (Å²) in [5, 5.41) is 11.7. The Balaban J connectivity index is 1.79. The highest BCUT2D eigenvalue weighted by Gasteiger charge is 2.21. The molecule has 1 aliphatic heterocycles. The monoisotopic (exact) mass is 294 g/mol. The van der Waals surface area contributed by atoms with Crippen LogP contribution in [0.4, 0.5) is 4.79 Å². The quantitative estimate of drug-likeness (QED) is 0.882. The van der Waals surface area contributed by atoms with Gasteiger partial charge in [-0.05, 0) is 19.8 Å². The topological polar surface area (TPSA) is 87.5 Å². The maximum atomic E-state index is 12.2. The lowest BCUT2D eigenvalue weighted by Crippen LogP contribution is -2.45. The summed E-state index contributed by atoms with van der Waals surface area (Å²) in [6, 6.07) is 0.238. The van der Waals surface area contributed by atoms with Gasteiger partial charge in [-0.25, -0.2) is 14.6 Å². The van der Waals surface area contributed by atoms with Crippen LogP contribution in [0.1, 0.15) is 43.1 Å². The van der Waals surface area contributed by atoms with Crippen LogP contribution in [0, 0.1) is 0 Å². The Morgan fingerprint density at radius 3 is 2.95 bits per heavy atom. The van der Waals surface area contributed by atoms with Crippen molar-refractivity contribution in [3.8, 4) is 0 Å². The minimum absolute atomic E-state index is 0.0162. The summed E-state index contributed by atoms with van der Waals surface area (Å²) in [6.45, 7) is 3.85. The van der Waals surface area contributed by atoms with E-state index in [-0.39, 0.29) is 17.8 Å². The minimum atomic E-state index is -1.05. The summed E-state index contributed by atoms with van der Waals surface area (Å²) in [4.78, 5) is 28.5. The fourth-order valence-corrected chi connectivity index (χ4v) is 2.56. The molecule has 7 nitrogen and oxygen atoms in total. The Kier molecular flexibility index (Phi) is 5.19. The van der Waals surface area contributed by atoms with E-state index in [1.54, 1.807) is 4.57 Å². The first-order chi connectivity index (χ1) is 10.1. The molecule has 1 unspecified atom stereocenters. The van der Waals surface area contributed by atoms with Gasteiger partial charge in [0.05, 0.1) is 6.33 Å². The van der Waals surface area contributed by atoms with Crippen LogP contribution >= 0.6 is 0 Å². The van der Waals surface area contributed by atoms with Gasteiger partial charge in [0.15, 0.2) is 5.69 Å². The molecule has 1 fully saturated rings. The van der Waals surface area contributed by atoms with Crippen LogP contribution < -0.4 is 5.32 Å². The van der Waals surface area contributed by atoms with Gasteiger partial charge in [0.1, 0.15) is 0 Å². The van der Waals surface area contributed by atoms with Crippen LogP contribution in [0.2, 0.25) is 0 Å². The molecule has 2 amide bonds. The van der Waals surface area contributed by atoms with E-state index in [9.17, 15) is 9.59 Å². The highest BCUT2D eigenvalue weighted by molar-refractivity contribution is 5.84. The Bertz CT molecular complexity index is 500. The van der Waals surface area contributed by atoms with Gasteiger partial charge in [0.25, 0.3) is 0 Å². The molecule has 0 saturated carbocycles. The number of hydrogen-bond donors (Lipinski definition) is 2. The number of carbonyl (C=O) groups excluding carboxylic acids is 1. The summed E-state index contributed by atoms with van der Waals surface area (Å²) in [6.07, 6.45) is 7.39. The normalized spacial score (nSPS) is 19.1. The number of aromatic carboxylic acids is 1. The number of urea groups is 1. The first-order valence-corrected chi connectivity index (χ1v) is 7.37. The molecular formula is C14H22N4O3. The molecule has 1 aliphatic rings. The van der Waals surface area contributed by atoms with Crippen LogP contribution in [-0.2, 0) is 6.54 Å². The third-order valence-electron chi connectivity index (χ3n) is 3.81. The second kappa shape index (κ2) is 7.10. The molecule has 21 heavy (non-hydrogen) atoms. The van der Waals surface area contributed by atoms with E-state index < -0.39 is 5.97 Å². The number of carbonyl (C=O) groups is 2. The predicted octanol–water partition coefficient (Wildman–Crippen LogP) is 1.56. The zero-order valence-corrected chi connectivity index (χ0v) is 12.3. The number of nitrogens with one attached hydrogen (secondary N) is 1. The predicted molar refractivity (Wildman–Crippen MR) is 77.2 cm³/mol.